The van der Waals surface area contributed by atoms with Crippen LogP contribution in [0.4, 0.5) is 46.2 Å². The minimum atomic E-state index is 0.193. The van der Waals surface area contributed by atoms with Gasteiger partial charge in [0.25, 0.3) is 0 Å². The maximum absolute atomic E-state index is 6.38. The number of likely N-dealkylation sites (N-methyl/N-ethyl adjacent to an activating group) is 3. The second-order valence-corrected chi connectivity index (χ2v) is 41.6. The number of nitrogens with two attached hydrogens (primary N) is 6. The lowest BCUT2D eigenvalue weighted by atomic mass is 9.90. The van der Waals surface area contributed by atoms with Crippen LogP contribution in [0.3, 0.4) is 0 Å². The fourth-order valence-electron chi connectivity index (χ4n) is 22.4. The first-order valence-electron chi connectivity index (χ1n) is 50.5. The number of aromatic nitrogens is 14. The highest BCUT2D eigenvalue weighted by atomic mass is 32.2. The van der Waals surface area contributed by atoms with E-state index in [1.807, 2.05) is 80.0 Å². The van der Waals surface area contributed by atoms with Crippen LogP contribution in [-0.2, 0) is 51.9 Å². The van der Waals surface area contributed by atoms with Crippen LogP contribution in [0.2, 0.25) is 0 Å². The number of pyridine rings is 3. The zero-order chi connectivity index (χ0) is 96.2. The quantitative estimate of drug-likeness (QED) is 0.0472. The topological polar surface area (TPSA) is 415 Å². The van der Waals surface area contributed by atoms with Crippen LogP contribution < -0.4 is 73.6 Å². The Morgan fingerprint density at radius 1 is 0.407 bits per heavy atom. The molecule has 24 rings (SSSR count). The molecule has 5 fully saturated rings. The number of nitrogens with one attached hydrogen (secondary N) is 1. The third-order valence-corrected chi connectivity index (χ3v) is 32.7. The summed E-state index contributed by atoms with van der Waals surface area (Å²) < 4.78 is 0. The summed E-state index contributed by atoms with van der Waals surface area (Å²) in [4.78, 5) is 105. The SMILES string of the molecule is C=C(N)c1cccc2c1CCN2C1=NCc2nc(N(C)[C@@H]3CCCC[C@@H]3N)cnc21.CN(C[C@@H]1CCC[C@H]1N)c1cnc2c(n1)CN=C2N1CCCc2ncccc21.CN(C[C@H]1CCC[C@@H]1N)c1cnc2c(n1)CN=C2N1CCCc2ncccc21.CN(c1cnc2c(n1)CC=C2Sc1ccnc2[nH]ccc12)[C@@H]1CCCC[C@@H]1N.Cc1ccccc1SC1=NCc2nc(N(C)[C@@H]3CCCC[C@@H]3N)cnc21. The first kappa shape index (κ1) is 95.2. The first-order chi connectivity index (χ1) is 68.3. The number of amidine groups is 3. The molecular formula is C106H132N32S2. The number of aromatic amines is 1. The normalized spacial score (nSPS) is 22.6. The Labute approximate surface area is 829 Å². The Balaban J connectivity index is 0.000000108. The van der Waals surface area contributed by atoms with Gasteiger partial charge in [-0.05, 0) is 175 Å². The van der Waals surface area contributed by atoms with Gasteiger partial charge in [-0.15, -0.1) is 0 Å². The third kappa shape index (κ3) is 20.2. The van der Waals surface area contributed by atoms with Crippen molar-refractivity contribution in [2.75, 3.05) is 107 Å². The molecule has 7 aliphatic heterocycles. The van der Waals surface area contributed by atoms with Gasteiger partial charge in [-0.2, -0.15) is 0 Å². The fourth-order valence-corrected chi connectivity index (χ4v) is 24.5. The van der Waals surface area contributed by atoms with Gasteiger partial charge in [-0.3, -0.25) is 29.9 Å². The van der Waals surface area contributed by atoms with Crippen molar-refractivity contribution in [3.8, 4) is 0 Å². The molecule has 140 heavy (non-hydrogen) atoms. The number of hydrogen-bond acceptors (Lipinski definition) is 33. The van der Waals surface area contributed by atoms with Gasteiger partial charge in [0.05, 0.1) is 114 Å². The number of hydrogen-bond donors (Lipinski definition) is 7. The molecule has 0 amide bonds. The van der Waals surface area contributed by atoms with E-state index in [9.17, 15) is 0 Å². The molecule has 34 heteroatoms. The Morgan fingerprint density at radius 2 is 0.864 bits per heavy atom. The van der Waals surface area contributed by atoms with Crippen LogP contribution in [0.25, 0.3) is 21.6 Å². The number of nitrogens with zero attached hydrogens (tertiary/aromatic N) is 25. The third-order valence-electron chi connectivity index (χ3n) is 30.4. The van der Waals surface area contributed by atoms with Crippen LogP contribution in [0.15, 0.2) is 177 Å². The number of allylic oxidation sites excluding steroid dienone is 1. The number of H-pyrrole nitrogens is 1. The van der Waals surface area contributed by atoms with E-state index >= 15 is 0 Å². The predicted octanol–water partition coefficient (Wildman–Crippen LogP) is 14.0. The Morgan fingerprint density at radius 3 is 1.37 bits per heavy atom. The number of anilines is 8. The van der Waals surface area contributed by atoms with Crippen molar-refractivity contribution < 1.29 is 0 Å². The molecule has 10 atom stereocenters. The molecule has 2 aromatic carbocycles. The van der Waals surface area contributed by atoms with Crippen LogP contribution in [0.1, 0.15) is 213 Å². The molecule has 5 saturated carbocycles. The van der Waals surface area contributed by atoms with Gasteiger partial charge in [-0.1, -0.05) is 118 Å². The number of fused-ring (bicyclic) bond motifs is 9. The molecule has 0 saturated heterocycles. The number of aryl methyl sites for hydroxylation is 3. The molecule has 13 aliphatic rings. The van der Waals surface area contributed by atoms with Gasteiger partial charge >= 0.3 is 0 Å². The van der Waals surface area contributed by atoms with E-state index in [0.29, 0.717) is 73.9 Å². The number of thioether (sulfide) groups is 2. The van der Waals surface area contributed by atoms with Gasteiger partial charge < -0.3 is 78.6 Å². The highest BCUT2D eigenvalue weighted by Crippen LogP contribution is 2.44. The van der Waals surface area contributed by atoms with Crippen molar-refractivity contribution in [2.45, 2.75) is 245 Å². The predicted molar refractivity (Wildman–Crippen MR) is 565 cm³/mol. The molecule has 0 radical (unpaired) electrons. The van der Waals surface area contributed by atoms with E-state index < -0.39 is 0 Å². The molecular weight excluding hydrogens is 1790 g/mol. The maximum atomic E-state index is 6.38. The Hall–Kier alpha value is -12.3. The number of aliphatic imine (C=N–C) groups is 4. The average molecular weight is 1920 g/mol. The van der Waals surface area contributed by atoms with Crippen LogP contribution >= 0.6 is 23.5 Å². The summed E-state index contributed by atoms with van der Waals surface area (Å²) in [5.74, 6) is 8.40. The highest BCUT2D eigenvalue weighted by molar-refractivity contribution is 8.14. The van der Waals surface area contributed by atoms with Gasteiger partial charge in [0, 0.05) is 185 Å². The van der Waals surface area contributed by atoms with E-state index in [-0.39, 0.29) is 18.1 Å². The molecule has 0 spiro atoms. The summed E-state index contributed by atoms with van der Waals surface area (Å²) in [7, 11) is 10.4. The second kappa shape index (κ2) is 42.6. The van der Waals surface area contributed by atoms with Crippen molar-refractivity contribution in [1.29, 1.82) is 0 Å². The van der Waals surface area contributed by atoms with Crippen molar-refractivity contribution in [3.63, 3.8) is 0 Å². The Bertz CT molecular complexity index is 6360. The van der Waals surface area contributed by atoms with Crippen molar-refractivity contribution in [2.24, 2.45) is 66.2 Å². The van der Waals surface area contributed by atoms with E-state index in [1.165, 1.54) is 90.0 Å². The van der Waals surface area contributed by atoms with Crippen LogP contribution in [0, 0.1) is 18.8 Å². The zero-order valence-corrected chi connectivity index (χ0v) is 83.2. The van der Waals surface area contributed by atoms with Gasteiger partial charge in [0.1, 0.15) is 62.6 Å². The fraction of sp³-hybridized carbons (Fsp3) is 0.462. The number of rotatable bonds is 16. The Kier molecular flexibility index (Phi) is 29.0. The monoisotopic (exact) mass is 1920 g/mol. The van der Waals surface area contributed by atoms with Gasteiger partial charge in [-0.25, -0.2) is 54.8 Å². The van der Waals surface area contributed by atoms with E-state index in [1.54, 1.807) is 23.5 Å². The standard InChI is InChI=1S/C23H29N7.2C21H27N7.C21H24N6S.C20H25N5S/c1-14(24)15-6-5-9-19-16(15)10-11-30(19)23-22-18(12-27-23)28-21(13-26-22)29(2)20-8-4-3-7-17(20)25;2*1-27(13-14-5-2-6-15(14)22)19-12-24-20-17(26-19)11-25-21(20)28-10-4-7-16-18(28)8-3-9-23-16;1-27(16-5-3-2-4-14(16)22)19-12-25-20-15(26-19)6-7-18(20)28-17-9-11-24-21-13(17)8-10-23-21;1-13-7-3-6-10-17(13)26-20-19-15(11-23-20)24-18(12-22-19)25(2)16-9-5-4-8-14(16)21/h5-6,9,13,17,20H,1,3-4,7-8,10-12,24-25H2,2H3;2*3,8-9,12,14-15H,2,4-7,10-11,13,22H2,1H3;7-12,14,16H,2-6,22H2,1H3,(H,23,24);3,6-7,10,12,14,16H,4-5,8-9,11,21H2,1-2H3/t17-,20+;2*14-,15+;2*14-,16+/m01000/s1. The summed E-state index contributed by atoms with van der Waals surface area (Å²) in [6.07, 6.45) is 46.2. The van der Waals surface area contributed by atoms with E-state index in [0.717, 1.165) is 276 Å². The summed E-state index contributed by atoms with van der Waals surface area (Å²) in [6, 6.07) is 29.2. The minimum absolute atomic E-state index is 0.193. The lowest BCUT2D eigenvalue weighted by Gasteiger charge is -2.36. The molecule has 728 valence electrons. The summed E-state index contributed by atoms with van der Waals surface area (Å²) in [6.45, 7) is 13.0. The molecule has 0 unspecified atom stereocenters. The molecule has 16 heterocycles. The first-order valence-corrected chi connectivity index (χ1v) is 52.1. The lowest BCUT2D eigenvalue weighted by molar-refractivity contribution is 0.372. The highest BCUT2D eigenvalue weighted by Gasteiger charge is 2.39. The van der Waals surface area contributed by atoms with Gasteiger partial charge in [0.2, 0.25) is 0 Å². The average Bonchev–Trinajstić information content (AvgIpc) is 1.61. The molecule has 13 N–H and O–H groups in total. The van der Waals surface area contributed by atoms with Gasteiger partial charge in [0.15, 0.2) is 17.5 Å². The molecule has 11 aromatic rings. The summed E-state index contributed by atoms with van der Waals surface area (Å²) >= 11 is 3.41. The lowest BCUT2D eigenvalue weighted by Crippen LogP contribution is -2.48. The summed E-state index contributed by atoms with van der Waals surface area (Å²) in [5.41, 5.74) is 57.8. The van der Waals surface area contributed by atoms with E-state index in [2.05, 4.69) is 174 Å². The maximum Gasteiger partial charge on any atom is 0.156 e. The molecule has 32 nitrogen and oxygen atoms in total. The largest absolute Gasteiger partial charge is 0.399 e. The smallest absolute Gasteiger partial charge is 0.156 e. The van der Waals surface area contributed by atoms with Crippen LogP contribution in [0.5, 0.6) is 0 Å². The van der Waals surface area contributed by atoms with Crippen molar-refractivity contribution in [1.82, 2.24) is 69.8 Å². The second-order valence-electron chi connectivity index (χ2n) is 39.5. The van der Waals surface area contributed by atoms with Crippen molar-refractivity contribution >= 4 is 114 Å². The molecule has 0 bridgehead atoms. The molecule has 9 aromatic heterocycles. The molecule has 6 aliphatic carbocycles. The van der Waals surface area contributed by atoms with Crippen LogP contribution in [-0.4, -0.2) is 209 Å². The zero-order valence-electron chi connectivity index (χ0n) is 81.6. The van der Waals surface area contributed by atoms with Crippen molar-refractivity contribution in [3.05, 3.63) is 232 Å². The number of benzene rings is 2. The minimum Gasteiger partial charge on any atom is -0.399 e. The van der Waals surface area contributed by atoms with E-state index in [4.69, 9.17) is 99.2 Å². The summed E-state index contributed by atoms with van der Waals surface area (Å²) in [5, 5.41) is 2.10.